The van der Waals surface area contributed by atoms with Gasteiger partial charge in [-0.05, 0) is 24.4 Å². The minimum Gasteiger partial charge on any atom is -0.376 e. The Morgan fingerprint density at radius 3 is 2.14 bits per heavy atom. The Morgan fingerprint density at radius 2 is 1.79 bits per heavy atom. The largest absolute Gasteiger partial charge is 0.376 e. The van der Waals surface area contributed by atoms with Gasteiger partial charge in [0, 0.05) is 7.05 Å². The number of anilines is 1. The Hall–Kier alpha value is 0.220. The Morgan fingerprint density at radius 1 is 1.36 bits per heavy atom. The average molecular weight is 363 g/mol. The van der Waals surface area contributed by atoms with Gasteiger partial charge in [0.25, 0.3) is 0 Å². The molecule has 2 N–H and O–H groups in total. The minimum absolute atomic E-state index is 0. The van der Waals surface area contributed by atoms with Crippen LogP contribution >= 0.6 is 59.4 Å². The molecule has 1 aromatic rings. The summed E-state index contributed by atoms with van der Waals surface area (Å²) in [6, 6.07) is 5.23. The van der Waals surface area contributed by atoms with Crippen molar-refractivity contribution < 1.29 is 0 Å². The zero-order valence-corrected chi connectivity index (χ0v) is 12.0. The van der Waals surface area contributed by atoms with Crippen LogP contribution in [0.2, 0.25) is 10.0 Å². The number of hydrogen-bond donors (Lipinski definition) is 1. The Bertz CT molecular complexity index is 326. The smallest absolute Gasteiger partial charge is 0.170 e. The van der Waals surface area contributed by atoms with Crippen LogP contribution in [0.25, 0.3) is 0 Å². The molecule has 0 atom stereocenters. The van der Waals surface area contributed by atoms with Crippen molar-refractivity contribution in [1.29, 1.82) is 0 Å². The molecule has 1 rings (SSSR count). The van der Waals surface area contributed by atoms with Crippen LogP contribution in [0.1, 0.15) is 0 Å². The van der Waals surface area contributed by atoms with E-state index in [1.165, 1.54) is 0 Å². The molecule has 0 spiro atoms. The highest BCUT2D eigenvalue weighted by molar-refractivity contribution is 14.0. The quantitative estimate of drug-likeness (QED) is 0.614. The first-order chi connectivity index (χ1) is 6.04. The molecular formula is C8H9Cl2IN2S. The fraction of sp³-hybridized carbons (Fsp3) is 0.125. The molecule has 0 unspecified atom stereocenters. The minimum atomic E-state index is 0. The van der Waals surface area contributed by atoms with E-state index in [4.69, 9.17) is 41.2 Å². The molecule has 0 saturated heterocycles. The van der Waals surface area contributed by atoms with Gasteiger partial charge in [-0.2, -0.15) is 0 Å². The standard InChI is InChI=1S/C8H8Cl2N2S.HI/c1-12(8(11)13)7-5(9)3-2-4-6(7)10;/h2-4H,1H3,(H2,11,13);1H. The third kappa shape index (κ3) is 3.12. The topological polar surface area (TPSA) is 29.3 Å². The summed E-state index contributed by atoms with van der Waals surface area (Å²) in [5, 5.41) is 1.29. The third-order valence-electron chi connectivity index (χ3n) is 1.60. The van der Waals surface area contributed by atoms with Crippen LogP contribution < -0.4 is 10.6 Å². The fourth-order valence-corrected chi connectivity index (χ4v) is 1.66. The molecule has 0 aliphatic carbocycles. The number of para-hydroxylation sites is 1. The molecule has 0 aliphatic rings. The van der Waals surface area contributed by atoms with Gasteiger partial charge in [0.05, 0.1) is 15.7 Å². The van der Waals surface area contributed by atoms with E-state index in [2.05, 4.69) is 0 Å². The molecule has 2 nitrogen and oxygen atoms in total. The zero-order chi connectivity index (χ0) is 10.0. The molecule has 78 valence electrons. The highest BCUT2D eigenvalue weighted by Crippen LogP contribution is 2.32. The number of hydrogen-bond acceptors (Lipinski definition) is 1. The second-order valence-corrected chi connectivity index (χ2v) is 3.70. The van der Waals surface area contributed by atoms with Crippen molar-refractivity contribution in [1.82, 2.24) is 0 Å². The van der Waals surface area contributed by atoms with E-state index in [0.29, 0.717) is 15.7 Å². The zero-order valence-electron chi connectivity index (χ0n) is 7.33. The second-order valence-electron chi connectivity index (χ2n) is 2.47. The monoisotopic (exact) mass is 362 g/mol. The molecule has 0 amide bonds. The van der Waals surface area contributed by atoms with Crippen LogP contribution in [0, 0.1) is 0 Å². The first-order valence-corrected chi connectivity index (χ1v) is 4.67. The normalized spacial score (nSPS) is 9.07. The molecule has 0 bridgehead atoms. The Labute approximate surface area is 115 Å². The van der Waals surface area contributed by atoms with E-state index in [9.17, 15) is 0 Å². The maximum atomic E-state index is 5.93. The third-order valence-corrected chi connectivity index (χ3v) is 2.49. The first-order valence-electron chi connectivity index (χ1n) is 3.51. The van der Waals surface area contributed by atoms with Crippen molar-refractivity contribution in [3.8, 4) is 0 Å². The summed E-state index contributed by atoms with van der Waals surface area (Å²) in [4.78, 5) is 1.57. The molecule has 0 aliphatic heterocycles. The Balaban J connectivity index is 0.00000169. The van der Waals surface area contributed by atoms with E-state index in [0.717, 1.165) is 0 Å². The summed E-state index contributed by atoms with van der Waals surface area (Å²) in [5.41, 5.74) is 6.08. The highest BCUT2D eigenvalue weighted by atomic mass is 127. The number of thiocarbonyl (C=S) groups is 1. The van der Waals surface area contributed by atoms with Crippen LogP contribution in [0.4, 0.5) is 5.69 Å². The van der Waals surface area contributed by atoms with Crippen molar-refractivity contribution in [2.75, 3.05) is 11.9 Å². The molecule has 14 heavy (non-hydrogen) atoms. The van der Waals surface area contributed by atoms with Gasteiger partial charge in [0.1, 0.15) is 0 Å². The van der Waals surface area contributed by atoms with Crippen LogP contribution in [-0.4, -0.2) is 12.2 Å². The van der Waals surface area contributed by atoms with Crippen molar-refractivity contribution in [2.45, 2.75) is 0 Å². The molecule has 0 radical (unpaired) electrons. The lowest BCUT2D eigenvalue weighted by Crippen LogP contribution is -2.31. The lowest BCUT2D eigenvalue weighted by Gasteiger charge is -2.19. The number of benzene rings is 1. The molecule has 0 fully saturated rings. The lowest BCUT2D eigenvalue weighted by atomic mass is 10.3. The number of rotatable bonds is 1. The van der Waals surface area contributed by atoms with Gasteiger partial charge in [-0.25, -0.2) is 0 Å². The van der Waals surface area contributed by atoms with E-state index >= 15 is 0 Å². The summed E-state index contributed by atoms with van der Waals surface area (Å²) in [7, 11) is 1.72. The van der Waals surface area contributed by atoms with Crippen LogP contribution in [0.5, 0.6) is 0 Å². The molecular weight excluding hydrogens is 354 g/mol. The van der Waals surface area contributed by atoms with Gasteiger partial charge in [0.2, 0.25) is 0 Å². The fourth-order valence-electron chi connectivity index (χ4n) is 0.920. The summed E-state index contributed by atoms with van der Waals surface area (Å²) < 4.78 is 0. The van der Waals surface area contributed by atoms with Crippen molar-refractivity contribution in [2.24, 2.45) is 5.73 Å². The maximum Gasteiger partial charge on any atom is 0.170 e. The maximum absolute atomic E-state index is 5.93. The van der Waals surface area contributed by atoms with Gasteiger partial charge in [0.15, 0.2) is 5.11 Å². The summed E-state index contributed by atoms with van der Waals surface area (Å²) in [6.07, 6.45) is 0. The summed E-state index contributed by atoms with van der Waals surface area (Å²) in [5.74, 6) is 0. The molecule has 1 aromatic carbocycles. The highest BCUT2D eigenvalue weighted by Gasteiger charge is 2.11. The van der Waals surface area contributed by atoms with Gasteiger partial charge in [-0.1, -0.05) is 29.3 Å². The van der Waals surface area contributed by atoms with Crippen molar-refractivity contribution in [3.63, 3.8) is 0 Å². The second kappa shape index (κ2) is 5.95. The van der Waals surface area contributed by atoms with E-state index in [1.807, 2.05) is 0 Å². The lowest BCUT2D eigenvalue weighted by molar-refractivity contribution is 1.27. The van der Waals surface area contributed by atoms with Gasteiger partial charge in [-0.3, -0.25) is 0 Å². The van der Waals surface area contributed by atoms with Crippen LogP contribution in [-0.2, 0) is 0 Å². The van der Waals surface area contributed by atoms with Crippen LogP contribution in [0.3, 0.4) is 0 Å². The van der Waals surface area contributed by atoms with Crippen molar-refractivity contribution >= 4 is 70.2 Å². The van der Waals surface area contributed by atoms with Crippen LogP contribution in [0.15, 0.2) is 18.2 Å². The van der Waals surface area contributed by atoms with E-state index in [1.54, 1.807) is 30.1 Å². The molecule has 0 aromatic heterocycles. The van der Waals surface area contributed by atoms with Gasteiger partial charge < -0.3 is 10.6 Å². The summed E-state index contributed by atoms with van der Waals surface area (Å²) >= 11 is 16.7. The molecule has 0 saturated carbocycles. The SMILES string of the molecule is CN(C(N)=S)c1c(Cl)cccc1Cl.I. The first kappa shape index (κ1) is 14.2. The Kier molecular flexibility index (Phi) is 6.04. The molecule has 6 heteroatoms. The molecule has 0 heterocycles. The van der Waals surface area contributed by atoms with E-state index < -0.39 is 0 Å². The predicted octanol–water partition coefficient (Wildman–Crippen LogP) is 3.29. The summed E-state index contributed by atoms with van der Waals surface area (Å²) in [6.45, 7) is 0. The predicted molar refractivity (Wildman–Crippen MR) is 77.1 cm³/mol. The number of halogens is 3. The number of nitrogens with two attached hydrogens (primary N) is 1. The van der Waals surface area contributed by atoms with Gasteiger partial charge in [-0.15, -0.1) is 24.0 Å². The van der Waals surface area contributed by atoms with Crippen molar-refractivity contribution in [3.05, 3.63) is 28.2 Å². The van der Waals surface area contributed by atoms with Gasteiger partial charge >= 0.3 is 0 Å². The number of nitrogens with zero attached hydrogens (tertiary/aromatic N) is 1. The average Bonchev–Trinajstić information content (AvgIpc) is 2.03. The van der Waals surface area contributed by atoms with E-state index in [-0.39, 0.29) is 29.1 Å².